The summed E-state index contributed by atoms with van der Waals surface area (Å²) in [5, 5.41) is 1.04. The Bertz CT molecular complexity index is 413. The van der Waals surface area contributed by atoms with Crippen molar-refractivity contribution in [3.8, 4) is 0 Å². The van der Waals surface area contributed by atoms with Gasteiger partial charge in [0, 0.05) is 18.4 Å². The first-order chi connectivity index (χ1) is 8.11. The van der Waals surface area contributed by atoms with E-state index in [0.717, 1.165) is 50.3 Å². The molecule has 0 spiro atoms. The number of hydrogen-bond acceptors (Lipinski definition) is 2. The van der Waals surface area contributed by atoms with Crippen molar-refractivity contribution in [1.29, 1.82) is 0 Å². The highest BCUT2D eigenvalue weighted by Gasteiger charge is 2.25. The number of carbonyl (C=O) groups is 1. The minimum Gasteiger partial charge on any atom is -0.339 e. The SMILES string of the molecule is O=C(c1cc(Br)sc1Br)N1CCC(CBr)CC1. The van der Waals surface area contributed by atoms with Crippen LogP contribution >= 0.6 is 59.1 Å². The molecule has 1 fully saturated rings. The fourth-order valence-electron chi connectivity index (χ4n) is 1.95. The highest BCUT2D eigenvalue weighted by atomic mass is 79.9. The topological polar surface area (TPSA) is 20.3 Å². The van der Waals surface area contributed by atoms with Crippen molar-refractivity contribution in [3.05, 3.63) is 19.2 Å². The van der Waals surface area contributed by atoms with Gasteiger partial charge in [0.15, 0.2) is 0 Å². The van der Waals surface area contributed by atoms with Crippen LogP contribution in [0.2, 0.25) is 0 Å². The Kier molecular flexibility index (Phi) is 5.09. The van der Waals surface area contributed by atoms with Gasteiger partial charge >= 0.3 is 0 Å². The number of likely N-dealkylation sites (tertiary alicyclic amines) is 1. The van der Waals surface area contributed by atoms with Crippen LogP contribution in [0.5, 0.6) is 0 Å². The lowest BCUT2D eigenvalue weighted by atomic mass is 9.99. The lowest BCUT2D eigenvalue weighted by Gasteiger charge is -2.31. The van der Waals surface area contributed by atoms with Crippen molar-refractivity contribution in [3.63, 3.8) is 0 Å². The molecule has 0 aliphatic carbocycles. The summed E-state index contributed by atoms with van der Waals surface area (Å²) < 4.78 is 1.90. The van der Waals surface area contributed by atoms with Crippen LogP contribution in [-0.2, 0) is 0 Å². The van der Waals surface area contributed by atoms with Gasteiger partial charge in [0.05, 0.1) is 13.1 Å². The van der Waals surface area contributed by atoms with Gasteiger partial charge in [0.25, 0.3) is 5.91 Å². The number of amides is 1. The molecule has 1 aliphatic heterocycles. The van der Waals surface area contributed by atoms with Gasteiger partial charge in [-0.05, 0) is 56.7 Å². The molecule has 0 N–H and O–H groups in total. The molecule has 2 rings (SSSR count). The minimum absolute atomic E-state index is 0.145. The zero-order valence-electron chi connectivity index (χ0n) is 9.09. The third kappa shape index (κ3) is 3.33. The molecule has 2 nitrogen and oxygen atoms in total. The second-order valence-electron chi connectivity index (χ2n) is 4.13. The van der Waals surface area contributed by atoms with Gasteiger partial charge in [-0.25, -0.2) is 0 Å². The van der Waals surface area contributed by atoms with Crippen molar-refractivity contribution < 1.29 is 4.79 Å². The summed E-state index contributed by atoms with van der Waals surface area (Å²) in [6.45, 7) is 1.74. The molecule has 1 amide bonds. The van der Waals surface area contributed by atoms with E-state index in [4.69, 9.17) is 0 Å². The molecule has 0 bridgehead atoms. The summed E-state index contributed by atoms with van der Waals surface area (Å²) in [6, 6.07) is 1.90. The predicted molar refractivity (Wildman–Crippen MR) is 82.1 cm³/mol. The number of hydrogen-bond donors (Lipinski definition) is 0. The Balaban J connectivity index is 2.04. The van der Waals surface area contributed by atoms with E-state index in [1.807, 2.05) is 11.0 Å². The number of thiophene rings is 1. The van der Waals surface area contributed by atoms with Crippen molar-refractivity contribution in [2.45, 2.75) is 12.8 Å². The second kappa shape index (κ2) is 6.17. The van der Waals surface area contributed by atoms with E-state index in [2.05, 4.69) is 47.8 Å². The lowest BCUT2D eigenvalue weighted by Crippen LogP contribution is -2.38. The smallest absolute Gasteiger partial charge is 0.255 e. The van der Waals surface area contributed by atoms with Crippen molar-refractivity contribution in [2.24, 2.45) is 5.92 Å². The predicted octanol–water partition coefficient (Wildman–Crippen LogP) is 4.52. The summed E-state index contributed by atoms with van der Waals surface area (Å²) in [4.78, 5) is 14.3. The third-order valence-electron chi connectivity index (χ3n) is 3.01. The van der Waals surface area contributed by atoms with Crippen LogP contribution in [-0.4, -0.2) is 29.2 Å². The Labute approximate surface area is 130 Å². The molecule has 17 heavy (non-hydrogen) atoms. The molecule has 6 heteroatoms. The van der Waals surface area contributed by atoms with Gasteiger partial charge in [0.1, 0.15) is 0 Å². The fraction of sp³-hybridized carbons (Fsp3) is 0.545. The first-order valence-electron chi connectivity index (χ1n) is 5.42. The molecule has 94 valence electrons. The molecular weight excluding hydrogens is 434 g/mol. The molecule has 1 saturated heterocycles. The average Bonchev–Trinajstić information content (AvgIpc) is 2.68. The van der Waals surface area contributed by atoms with Crippen molar-refractivity contribution >= 4 is 65.0 Å². The number of piperidine rings is 1. The standard InChI is InChI=1S/C11H12Br3NOS/c12-6-7-1-3-15(4-2-7)11(16)8-5-9(13)17-10(8)14/h5,7H,1-4,6H2. The highest BCUT2D eigenvalue weighted by molar-refractivity contribution is 9.12. The van der Waals surface area contributed by atoms with Gasteiger partial charge < -0.3 is 4.90 Å². The number of nitrogens with zero attached hydrogens (tertiary/aromatic N) is 1. The molecule has 0 radical (unpaired) electrons. The van der Waals surface area contributed by atoms with Gasteiger partial charge in [-0.1, -0.05) is 15.9 Å². The highest BCUT2D eigenvalue weighted by Crippen LogP contribution is 2.33. The molecule has 1 aromatic heterocycles. The van der Waals surface area contributed by atoms with Gasteiger partial charge in [-0.3, -0.25) is 4.79 Å². The normalized spacial score (nSPS) is 17.5. The van der Waals surface area contributed by atoms with Gasteiger partial charge in [-0.15, -0.1) is 11.3 Å². The molecule has 0 aromatic carbocycles. The monoisotopic (exact) mass is 443 g/mol. The maximum atomic E-state index is 12.3. The maximum absolute atomic E-state index is 12.3. The minimum atomic E-state index is 0.145. The Morgan fingerprint density at radius 2 is 2.06 bits per heavy atom. The van der Waals surface area contributed by atoms with E-state index in [9.17, 15) is 4.79 Å². The molecule has 1 aromatic rings. The van der Waals surface area contributed by atoms with Crippen LogP contribution in [0.15, 0.2) is 13.6 Å². The summed E-state index contributed by atoms with van der Waals surface area (Å²) >= 11 is 11.9. The van der Waals surface area contributed by atoms with Crippen LogP contribution in [0, 0.1) is 5.92 Å². The van der Waals surface area contributed by atoms with E-state index < -0.39 is 0 Å². The maximum Gasteiger partial charge on any atom is 0.255 e. The van der Waals surface area contributed by atoms with Gasteiger partial charge in [0.2, 0.25) is 0 Å². The zero-order chi connectivity index (χ0) is 12.4. The first kappa shape index (κ1) is 14.0. The molecule has 0 saturated carbocycles. The number of carbonyl (C=O) groups excluding carboxylic acids is 1. The van der Waals surface area contributed by atoms with Crippen LogP contribution in [0.3, 0.4) is 0 Å². The van der Waals surface area contributed by atoms with E-state index >= 15 is 0 Å². The number of halogens is 3. The average molecular weight is 446 g/mol. The molecule has 0 unspecified atom stereocenters. The summed E-state index contributed by atoms with van der Waals surface area (Å²) in [5.74, 6) is 0.864. The summed E-state index contributed by atoms with van der Waals surface area (Å²) in [7, 11) is 0. The fourth-order valence-corrected chi connectivity index (χ4v) is 5.37. The molecule has 2 heterocycles. The first-order valence-corrected chi connectivity index (χ1v) is 8.94. The molecule has 0 atom stereocenters. The molecular formula is C11H12Br3NOS. The Hall–Kier alpha value is 0.610. The summed E-state index contributed by atoms with van der Waals surface area (Å²) in [5.41, 5.74) is 0.777. The zero-order valence-corrected chi connectivity index (χ0v) is 14.7. The van der Waals surface area contributed by atoms with Crippen LogP contribution in [0.1, 0.15) is 23.2 Å². The molecule has 1 aliphatic rings. The van der Waals surface area contributed by atoms with E-state index in [-0.39, 0.29) is 5.91 Å². The van der Waals surface area contributed by atoms with Crippen LogP contribution in [0.25, 0.3) is 0 Å². The van der Waals surface area contributed by atoms with Crippen LogP contribution < -0.4 is 0 Å². The number of alkyl halides is 1. The Morgan fingerprint density at radius 3 is 2.53 bits per heavy atom. The third-order valence-corrected chi connectivity index (χ3v) is 6.26. The van der Waals surface area contributed by atoms with Crippen LogP contribution in [0.4, 0.5) is 0 Å². The Morgan fingerprint density at radius 1 is 1.41 bits per heavy atom. The van der Waals surface area contributed by atoms with Gasteiger partial charge in [-0.2, -0.15) is 0 Å². The number of rotatable bonds is 2. The quantitative estimate of drug-likeness (QED) is 0.613. The van der Waals surface area contributed by atoms with Crippen molar-refractivity contribution in [2.75, 3.05) is 18.4 Å². The summed E-state index contributed by atoms with van der Waals surface area (Å²) in [6.07, 6.45) is 2.19. The van der Waals surface area contributed by atoms with E-state index in [1.54, 1.807) is 11.3 Å². The lowest BCUT2D eigenvalue weighted by molar-refractivity contribution is 0.0698. The second-order valence-corrected chi connectivity index (χ2v) is 8.52. The van der Waals surface area contributed by atoms with Crippen molar-refractivity contribution in [1.82, 2.24) is 4.90 Å². The van der Waals surface area contributed by atoms with E-state index in [1.165, 1.54) is 0 Å². The largest absolute Gasteiger partial charge is 0.339 e. The van der Waals surface area contributed by atoms with E-state index in [0.29, 0.717) is 0 Å².